The van der Waals surface area contributed by atoms with Crippen molar-refractivity contribution in [3.05, 3.63) is 65.5 Å². The van der Waals surface area contributed by atoms with Crippen molar-refractivity contribution in [2.45, 2.75) is 52.0 Å². The molecule has 1 aromatic heterocycles. The van der Waals surface area contributed by atoms with E-state index in [-0.39, 0.29) is 11.9 Å². The normalized spacial score (nSPS) is 18.2. The highest BCUT2D eigenvalue weighted by molar-refractivity contribution is 7.80. The number of nitrogens with one attached hydrogen (secondary N) is 3. The molecule has 27 heavy (non-hydrogen) atoms. The van der Waals surface area contributed by atoms with Gasteiger partial charge >= 0.3 is 0 Å². The Morgan fingerprint density at radius 2 is 2.11 bits per heavy atom. The number of unbranched alkanes of at least 4 members (excludes halogenated alkanes) is 1. The Bertz CT molecular complexity index is 756. The van der Waals surface area contributed by atoms with E-state index in [1.807, 2.05) is 25.3 Å². The highest BCUT2D eigenvalue weighted by Crippen LogP contribution is 2.21. The van der Waals surface area contributed by atoms with Crippen LogP contribution < -0.4 is 10.6 Å². The van der Waals surface area contributed by atoms with Crippen LogP contribution in [0.4, 0.5) is 0 Å². The Balaban J connectivity index is 0.000000249. The molecule has 1 amide bonds. The minimum absolute atomic E-state index is 0.0466. The van der Waals surface area contributed by atoms with E-state index in [1.165, 1.54) is 24.0 Å². The molecule has 0 saturated carbocycles. The summed E-state index contributed by atoms with van der Waals surface area (Å²) in [5.41, 5.74) is 3.54. The maximum Gasteiger partial charge on any atom is 0.249 e. The van der Waals surface area contributed by atoms with Crippen LogP contribution in [0.15, 0.2) is 48.7 Å². The first-order valence-corrected chi connectivity index (χ1v) is 9.96. The standard InChI is InChI=1S/C13H13N3OS.C9H16/c17-12-11(15-13(18)16-12)6-8-7-14-10-5-3-1-2-4-9(8)10;1-3-5-7-9-8-6-4-2/h1-3,5,7,11,14H,4,6H2,(H2,15,16,17,18);3,5,8-9H,4,6-7H2,1-2H3/b;5-3-,9-8-. The first kappa shape index (κ1) is 20.9. The zero-order valence-electron chi connectivity index (χ0n) is 16.1. The summed E-state index contributed by atoms with van der Waals surface area (Å²) >= 11 is 4.94. The van der Waals surface area contributed by atoms with Gasteiger partial charge in [0, 0.05) is 18.3 Å². The number of hydrogen-bond donors (Lipinski definition) is 3. The molecular weight excluding hydrogens is 354 g/mol. The van der Waals surface area contributed by atoms with E-state index in [0.717, 1.165) is 18.5 Å². The molecule has 1 aromatic rings. The Kier molecular flexibility index (Phi) is 8.78. The topological polar surface area (TPSA) is 56.9 Å². The van der Waals surface area contributed by atoms with Crippen LogP contribution in [0.5, 0.6) is 0 Å². The third-order valence-corrected chi connectivity index (χ3v) is 4.58. The lowest BCUT2D eigenvalue weighted by Gasteiger charge is -2.08. The molecule has 0 bridgehead atoms. The molecule has 1 aliphatic heterocycles. The Hall–Kier alpha value is -2.40. The molecule has 1 aliphatic carbocycles. The summed E-state index contributed by atoms with van der Waals surface area (Å²) in [5, 5.41) is 6.02. The third-order valence-electron chi connectivity index (χ3n) is 4.36. The number of fused-ring (bicyclic) bond motifs is 1. The fraction of sp³-hybridized carbons (Fsp3) is 0.364. The minimum Gasteiger partial charge on any atom is -0.361 e. The zero-order valence-corrected chi connectivity index (χ0v) is 16.9. The maximum atomic E-state index is 11.6. The second kappa shape index (κ2) is 11.3. The van der Waals surface area contributed by atoms with Crippen molar-refractivity contribution in [3.63, 3.8) is 0 Å². The van der Waals surface area contributed by atoms with Crippen LogP contribution in [0, 0.1) is 0 Å². The lowest BCUT2D eigenvalue weighted by Crippen LogP contribution is -2.31. The lowest BCUT2D eigenvalue weighted by molar-refractivity contribution is -0.120. The van der Waals surface area contributed by atoms with Crippen LogP contribution in [0.25, 0.3) is 6.08 Å². The fourth-order valence-corrected chi connectivity index (χ4v) is 3.16. The van der Waals surface area contributed by atoms with Gasteiger partial charge in [0.25, 0.3) is 0 Å². The third kappa shape index (κ3) is 6.68. The van der Waals surface area contributed by atoms with Crippen molar-refractivity contribution >= 4 is 29.3 Å². The van der Waals surface area contributed by atoms with Gasteiger partial charge in [0.05, 0.1) is 0 Å². The predicted molar refractivity (Wildman–Crippen MR) is 118 cm³/mol. The average Bonchev–Trinajstić information content (AvgIpc) is 3.08. The Labute approximate surface area is 167 Å². The summed E-state index contributed by atoms with van der Waals surface area (Å²) < 4.78 is 0. The number of amides is 1. The number of thiocarbonyl (C=S) groups is 1. The largest absolute Gasteiger partial charge is 0.361 e. The maximum absolute atomic E-state index is 11.6. The molecule has 0 aromatic carbocycles. The van der Waals surface area contributed by atoms with Gasteiger partial charge in [-0.05, 0) is 55.6 Å². The van der Waals surface area contributed by atoms with Gasteiger partial charge in [-0.2, -0.15) is 0 Å². The number of aromatic amines is 1. The molecule has 1 fully saturated rings. The van der Waals surface area contributed by atoms with E-state index in [4.69, 9.17) is 12.2 Å². The molecule has 5 heteroatoms. The van der Waals surface area contributed by atoms with E-state index < -0.39 is 0 Å². The van der Waals surface area contributed by atoms with E-state index in [9.17, 15) is 4.79 Å². The van der Waals surface area contributed by atoms with Crippen molar-refractivity contribution < 1.29 is 4.79 Å². The molecule has 3 N–H and O–H groups in total. The van der Waals surface area contributed by atoms with Gasteiger partial charge < -0.3 is 15.6 Å². The summed E-state index contributed by atoms with van der Waals surface area (Å²) in [5.74, 6) is -0.0466. The van der Waals surface area contributed by atoms with E-state index in [0.29, 0.717) is 11.5 Å². The fourth-order valence-electron chi connectivity index (χ4n) is 2.92. The molecular formula is C22H29N3OS. The second-order valence-corrected chi connectivity index (χ2v) is 6.89. The molecule has 1 saturated heterocycles. The molecule has 1 atom stereocenters. The highest BCUT2D eigenvalue weighted by atomic mass is 32.1. The summed E-state index contributed by atoms with van der Waals surface area (Å²) in [7, 11) is 0. The summed E-state index contributed by atoms with van der Waals surface area (Å²) in [6.07, 6.45) is 24.0. The molecule has 1 unspecified atom stereocenters. The highest BCUT2D eigenvalue weighted by Gasteiger charge is 2.28. The number of carbonyl (C=O) groups is 1. The van der Waals surface area contributed by atoms with Gasteiger partial charge in [-0.25, -0.2) is 0 Å². The zero-order chi connectivity index (χ0) is 19.5. The van der Waals surface area contributed by atoms with Crippen LogP contribution in [-0.4, -0.2) is 22.0 Å². The van der Waals surface area contributed by atoms with E-state index in [1.54, 1.807) is 0 Å². The van der Waals surface area contributed by atoms with Crippen molar-refractivity contribution in [3.8, 4) is 0 Å². The number of H-pyrrole nitrogens is 1. The van der Waals surface area contributed by atoms with Gasteiger partial charge in [0.2, 0.25) is 5.91 Å². The molecule has 144 valence electrons. The van der Waals surface area contributed by atoms with Crippen molar-refractivity contribution in [1.29, 1.82) is 0 Å². The summed E-state index contributed by atoms with van der Waals surface area (Å²) in [6, 6.07) is -0.256. The number of allylic oxidation sites excluding steroid dienone is 7. The van der Waals surface area contributed by atoms with E-state index in [2.05, 4.69) is 59.0 Å². The van der Waals surface area contributed by atoms with Crippen LogP contribution in [-0.2, 0) is 17.6 Å². The van der Waals surface area contributed by atoms with Crippen LogP contribution >= 0.6 is 12.2 Å². The van der Waals surface area contributed by atoms with Gasteiger partial charge in [-0.15, -0.1) is 0 Å². The van der Waals surface area contributed by atoms with Gasteiger partial charge in [0.1, 0.15) is 6.04 Å². The van der Waals surface area contributed by atoms with Crippen LogP contribution in [0.1, 0.15) is 49.9 Å². The van der Waals surface area contributed by atoms with Gasteiger partial charge in [0.15, 0.2) is 5.11 Å². The molecule has 0 spiro atoms. The molecule has 3 rings (SSSR count). The molecule has 4 nitrogen and oxygen atoms in total. The van der Waals surface area contributed by atoms with Crippen LogP contribution in [0.2, 0.25) is 0 Å². The second-order valence-electron chi connectivity index (χ2n) is 6.48. The number of rotatable bonds is 6. The summed E-state index contributed by atoms with van der Waals surface area (Å²) in [6.45, 7) is 4.24. The Morgan fingerprint density at radius 3 is 2.81 bits per heavy atom. The monoisotopic (exact) mass is 383 g/mol. The first-order valence-electron chi connectivity index (χ1n) is 9.55. The number of carbonyl (C=O) groups excluding carboxylic acids is 1. The van der Waals surface area contributed by atoms with E-state index >= 15 is 0 Å². The molecule has 2 heterocycles. The van der Waals surface area contributed by atoms with Gasteiger partial charge in [-0.1, -0.05) is 55.9 Å². The van der Waals surface area contributed by atoms with Crippen molar-refractivity contribution in [2.24, 2.45) is 0 Å². The van der Waals surface area contributed by atoms with Gasteiger partial charge in [-0.3, -0.25) is 4.79 Å². The molecule has 0 radical (unpaired) electrons. The van der Waals surface area contributed by atoms with Crippen molar-refractivity contribution in [1.82, 2.24) is 15.6 Å². The number of aromatic nitrogens is 1. The smallest absolute Gasteiger partial charge is 0.249 e. The Morgan fingerprint density at radius 1 is 1.26 bits per heavy atom. The minimum atomic E-state index is -0.256. The average molecular weight is 384 g/mol. The number of hydrogen-bond acceptors (Lipinski definition) is 2. The summed E-state index contributed by atoms with van der Waals surface area (Å²) in [4.78, 5) is 14.9. The van der Waals surface area contributed by atoms with Crippen LogP contribution in [0.3, 0.4) is 0 Å². The predicted octanol–water partition coefficient (Wildman–Crippen LogP) is 4.36. The quantitative estimate of drug-likeness (QED) is 0.505. The first-order chi connectivity index (χ1) is 13.2. The molecule has 2 aliphatic rings. The van der Waals surface area contributed by atoms with Crippen molar-refractivity contribution in [2.75, 3.05) is 0 Å². The SMILES string of the molecule is C/C=C\C/C=C\CCC.O=C1NC(=S)NC1Cc1c[nH]c2c1CC=CC=C2. The lowest BCUT2D eigenvalue weighted by atomic mass is 10.0.